The fourth-order valence-electron chi connectivity index (χ4n) is 10.3. The van der Waals surface area contributed by atoms with Gasteiger partial charge >= 0.3 is 0 Å². The molecule has 4 aliphatic carbocycles. The fourth-order valence-corrected chi connectivity index (χ4v) is 10.3. The van der Waals surface area contributed by atoms with Crippen LogP contribution >= 0.6 is 0 Å². The molecule has 1 heterocycles. The van der Waals surface area contributed by atoms with Gasteiger partial charge in [0, 0.05) is 61.2 Å². The third-order valence-electron chi connectivity index (χ3n) is 13.1. The maximum atomic E-state index is 14.6. The molecule has 4 saturated carbocycles. The normalized spacial score (nSPS) is 30.5. The molecule has 0 aliphatic heterocycles. The van der Waals surface area contributed by atoms with Crippen LogP contribution in [0.3, 0.4) is 0 Å². The van der Waals surface area contributed by atoms with Crippen LogP contribution in [-0.4, -0.2) is 33.9 Å². The van der Waals surface area contributed by atoms with Crippen LogP contribution in [0.2, 0.25) is 0 Å². The third kappa shape index (κ3) is 9.33. The predicted molar refractivity (Wildman–Crippen MR) is 193 cm³/mol. The first-order chi connectivity index (χ1) is 23.6. The standard InChI is InChI=1S/C43H61NO5/c1-4-5-21-36(46)41(49)31-19-13-10-8-6-7-9-12-18-30(40(48)34-27-35-39(42(35,2)3)38(34)37(47)26-31)25-33(45)29-43(22-15-11-16-23-43)28-32-20-14-17-24-44-32/h4,14,17,20,24,30-31,34-35,38-39H,1,5-13,15-16,18-19,21-23,25-29H2,2-3H3/t30-,31-,34?,35+,38-,39+/m1/s1. The van der Waals surface area contributed by atoms with Crippen LogP contribution in [-0.2, 0) is 30.4 Å². The van der Waals surface area contributed by atoms with Crippen LogP contribution in [0.4, 0.5) is 0 Å². The van der Waals surface area contributed by atoms with Crippen molar-refractivity contribution >= 4 is 28.9 Å². The topological polar surface area (TPSA) is 98.2 Å². The Morgan fingerprint density at radius 3 is 2.27 bits per heavy atom. The highest BCUT2D eigenvalue weighted by atomic mass is 16.2. The first kappa shape index (κ1) is 37.5. The van der Waals surface area contributed by atoms with Crippen molar-refractivity contribution in [2.75, 3.05) is 0 Å². The quantitative estimate of drug-likeness (QED) is 0.172. The minimum atomic E-state index is -0.613. The molecule has 268 valence electrons. The summed E-state index contributed by atoms with van der Waals surface area (Å²) < 4.78 is 0. The van der Waals surface area contributed by atoms with Crippen molar-refractivity contribution in [2.45, 2.75) is 149 Å². The summed E-state index contributed by atoms with van der Waals surface area (Å²) in [7, 11) is 0. The van der Waals surface area contributed by atoms with Gasteiger partial charge in [0.15, 0.2) is 5.78 Å². The second-order valence-corrected chi connectivity index (χ2v) is 16.9. The molecule has 0 radical (unpaired) electrons. The van der Waals surface area contributed by atoms with Gasteiger partial charge in [-0.15, -0.1) is 6.58 Å². The van der Waals surface area contributed by atoms with Gasteiger partial charge < -0.3 is 0 Å². The number of Topliss-reactive ketones (excluding diaryl/α,β-unsaturated/α-hetero) is 5. The number of hydrogen-bond donors (Lipinski definition) is 0. The van der Waals surface area contributed by atoms with Crippen LogP contribution < -0.4 is 0 Å². The molecule has 6 heteroatoms. The highest BCUT2D eigenvalue weighted by Crippen LogP contribution is 2.71. The van der Waals surface area contributed by atoms with Gasteiger partial charge in [-0.2, -0.15) is 0 Å². The Morgan fingerprint density at radius 2 is 1.59 bits per heavy atom. The second-order valence-electron chi connectivity index (χ2n) is 16.9. The molecule has 5 rings (SSSR count). The molecule has 49 heavy (non-hydrogen) atoms. The fraction of sp³-hybridized carbons (Fsp3) is 0.721. The van der Waals surface area contributed by atoms with E-state index in [9.17, 15) is 24.0 Å². The summed E-state index contributed by atoms with van der Waals surface area (Å²) in [5.74, 6) is -1.93. The van der Waals surface area contributed by atoms with Crippen molar-refractivity contribution in [2.24, 2.45) is 46.3 Å². The van der Waals surface area contributed by atoms with E-state index in [-0.39, 0.29) is 59.3 Å². The Morgan fingerprint density at radius 1 is 0.918 bits per heavy atom. The molecule has 0 N–H and O–H groups in total. The third-order valence-corrected chi connectivity index (χ3v) is 13.1. The number of nitrogens with zero attached hydrogens (tertiary/aromatic N) is 1. The van der Waals surface area contributed by atoms with E-state index in [2.05, 4.69) is 31.5 Å². The Balaban J connectivity index is 1.35. The zero-order valence-corrected chi connectivity index (χ0v) is 30.4. The van der Waals surface area contributed by atoms with Crippen molar-refractivity contribution in [3.05, 3.63) is 42.7 Å². The van der Waals surface area contributed by atoms with E-state index in [1.54, 1.807) is 6.08 Å². The van der Waals surface area contributed by atoms with Crippen molar-refractivity contribution < 1.29 is 24.0 Å². The summed E-state index contributed by atoms with van der Waals surface area (Å²) in [6.45, 7) is 8.08. The predicted octanol–water partition coefficient (Wildman–Crippen LogP) is 9.22. The lowest BCUT2D eigenvalue weighted by atomic mass is 9.67. The van der Waals surface area contributed by atoms with E-state index < -0.39 is 29.3 Å². The summed E-state index contributed by atoms with van der Waals surface area (Å²) in [5.41, 5.74) is 0.917. The lowest BCUT2D eigenvalue weighted by Gasteiger charge is -2.37. The SMILES string of the molecule is C=CCCC(=O)C(=O)[C@@H]1CCCCCCCCC[C@H](CC(=O)CC2(Cc3ccccn3)CCCCC2)C(=O)C2C[C@H]3[C@@H]([C@H]2C(=O)C1)C3(C)C. The largest absolute Gasteiger partial charge is 0.300 e. The lowest BCUT2D eigenvalue weighted by molar-refractivity contribution is -0.141. The molecule has 4 aliphatic rings. The van der Waals surface area contributed by atoms with Gasteiger partial charge in [0.25, 0.3) is 0 Å². The number of hydrogen-bond acceptors (Lipinski definition) is 6. The number of carbonyl (C=O) groups is 5. The first-order valence-corrected chi connectivity index (χ1v) is 19.7. The summed E-state index contributed by atoms with van der Waals surface area (Å²) in [4.78, 5) is 73.8. The highest BCUT2D eigenvalue weighted by molar-refractivity contribution is 6.38. The summed E-state index contributed by atoms with van der Waals surface area (Å²) >= 11 is 0. The summed E-state index contributed by atoms with van der Waals surface area (Å²) in [6.07, 6.45) is 20.1. The molecule has 6 atom stereocenters. The van der Waals surface area contributed by atoms with Crippen molar-refractivity contribution in [1.82, 2.24) is 4.98 Å². The Labute approximate surface area is 295 Å². The molecule has 0 bridgehead atoms. The molecule has 0 saturated heterocycles. The van der Waals surface area contributed by atoms with Crippen LogP contribution in [0.1, 0.15) is 148 Å². The number of pyridine rings is 1. The average molecular weight is 672 g/mol. The van der Waals surface area contributed by atoms with Gasteiger partial charge in [0.2, 0.25) is 5.78 Å². The molecule has 0 spiro atoms. The van der Waals surface area contributed by atoms with Gasteiger partial charge in [-0.3, -0.25) is 29.0 Å². The molecular formula is C43H61NO5. The van der Waals surface area contributed by atoms with E-state index in [4.69, 9.17) is 0 Å². The number of ketones is 5. The lowest BCUT2D eigenvalue weighted by Crippen LogP contribution is -2.37. The molecule has 1 aromatic heterocycles. The van der Waals surface area contributed by atoms with E-state index in [0.717, 1.165) is 82.7 Å². The zero-order valence-electron chi connectivity index (χ0n) is 30.4. The van der Waals surface area contributed by atoms with Crippen LogP contribution in [0.5, 0.6) is 0 Å². The van der Waals surface area contributed by atoms with Crippen LogP contribution in [0.15, 0.2) is 37.1 Å². The molecule has 1 aromatic rings. The summed E-state index contributed by atoms with van der Waals surface area (Å²) in [6, 6.07) is 6.01. The van der Waals surface area contributed by atoms with Crippen LogP contribution in [0.25, 0.3) is 0 Å². The van der Waals surface area contributed by atoms with Crippen molar-refractivity contribution in [3.8, 4) is 0 Å². The monoisotopic (exact) mass is 671 g/mol. The number of allylic oxidation sites excluding steroid dienone is 1. The minimum absolute atomic E-state index is 0.0125. The zero-order chi connectivity index (χ0) is 35.0. The maximum absolute atomic E-state index is 14.6. The van der Waals surface area contributed by atoms with Crippen LogP contribution in [0, 0.1) is 46.3 Å². The minimum Gasteiger partial charge on any atom is -0.300 e. The number of aromatic nitrogens is 1. The maximum Gasteiger partial charge on any atom is 0.201 e. The average Bonchev–Trinajstić information content (AvgIpc) is 3.38. The molecule has 1 unspecified atom stereocenters. The first-order valence-electron chi connectivity index (χ1n) is 19.7. The molecular weight excluding hydrogens is 610 g/mol. The van der Waals surface area contributed by atoms with E-state index in [1.807, 2.05) is 18.3 Å². The Hall–Kier alpha value is -2.76. The van der Waals surface area contributed by atoms with Gasteiger partial charge in [-0.1, -0.05) is 90.2 Å². The second kappa shape index (κ2) is 17.0. The number of rotatable bonds is 11. The molecule has 0 aromatic carbocycles. The molecule has 4 fully saturated rings. The summed E-state index contributed by atoms with van der Waals surface area (Å²) in [5, 5.41) is 0. The van der Waals surface area contributed by atoms with Gasteiger partial charge in [0.1, 0.15) is 17.3 Å². The Kier molecular flexibility index (Phi) is 13.0. The van der Waals surface area contributed by atoms with E-state index in [1.165, 1.54) is 6.42 Å². The highest BCUT2D eigenvalue weighted by Gasteiger charge is 2.69. The van der Waals surface area contributed by atoms with Crippen molar-refractivity contribution in [3.63, 3.8) is 0 Å². The van der Waals surface area contributed by atoms with Crippen molar-refractivity contribution in [1.29, 1.82) is 0 Å². The van der Waals surface area contributed by atoms with E-state index in [0.29, 0.717) is 38.0 Å². The number of carbonyl (C=O) groups excluding carboxylic acids is 5. The smallest absolute Gasteiger partial charge is 0.201 e. The molecule has 6 nitrogen and oxygen atoms in total. The van der Waals surface area contributed by atoms with E-state index >= 15 is 0 Å². The van der Waals surface area contributed by atoms with Gasteiger partial charge in [-0.05, 0) is 79.7 Å². The Bertz CT molecular complexity index is 1340. The van der Waals surface area contributed by atoms with Gasteiger partial charge in [-0.25, -0.2) is 0 Å². The van der Waals surface area contributed by atoms with Gasteiger partial charge in [0.05, 0.1) is 0 Å². The molecule has 0 amide bonds. The number of fused-ring (bicyclic) bond motifs is 3.